The van der Waals surface area contributed by atoms with Crippen LogP contribution >= 0.6 is 11.6 Å². The number of rotatable bonds is 6. The van der Waals surface area contributed by atoms with Crippen LogP contribution in [0.2, 0.25) is 5.02 Å². The number of amides is 3. The molecule has 1 heterocycles. The number of likely N-dealkylation sites (tertiary alicyclic amines) is 1. The first-order chi connectivity index (χ1) is 11.8. The molecule has 3 amide bonds. The number of hydrogen-bond acceptors (Lipinski definition) is 3. The Morgan fingerprint density at radius 2 is 2.08 bits per heavy atom. The normalized spacial score (nSPS) is 15.4. The van der Waals surface area contributed by atoms with Crippen molar-refractivity contribution >= 4 is 35.0 Å². The fourth-order valence-electron chi connectivity index (χ4n) is 3.03. The highest BCUT2D eigenvalue weighted by Gasteiger charge is 2.36. The van der Waals surface area contributed by atoms with Crippen molar-refractivity contribution in [1.82, 2.24) is 9.80 Å². The third-order valence-corrected chi connectivity index (χ3v) is 4.43. The van der Waals surface area contributed by atoms with Gasteiger partial charge in [-0.15, -0.1) is 0 Å². The number of anilines is 1. The zero-order valence-electron chi connectivity index (χ0n) is 14.8. The van der Waals surface area contributed by atoms with Crippen LogP contribution in [-0.4, -0.2) is 53.7 Å². The minimum atomic E-state index is -0.529. The molecule has 1 aromatic carbocycles. The van der Waals surface area contributed by atoms with Gasteiger partial charge in [-0.1, -0.05) is 31.5 Å². The Labute approximate surface area is 153 Å². The van der Waals surface area contributed by atoms with Gasteiger partial charge in [0.1, 0.15) is 6.04 Å². The Bertz CT molecular complexity index is 663. The minimum Gasteiger partial charge on any atom is -0.335 e. The predicted octanol–water partition coefficient (Wildman–Crippen LogP) is 2.38. The summed E-state index contributed by atoms with van der Waals surface area (Å²) in [6.45, 7) is 4.33. The molecular weight excluding hydrogens is 342 g/mol. The Morgan fingerprint density at radius 1 is 1.36 bits per heavy atom. The monoisotopic (exact) mass is 365 g/mol. The molecule has 7 heteroatoms. The number of halogens is 1. The van der Waals surface area contributed by atoms with Gasteiger partial charge in [-0.25, -0.2) is 0 Å². The number of benzene rings is 1. The van der Waals surface area contributed by atoms with Crippen LogP contribution in [0.1, 0.15) is 26.7 Å². The Hall–Kier alpha value is -2.08. The number of nitrogens with zero attached hydrogens (tertiary/aromatic N) is 2. The molecule has 2 rings (SSSR count). The van der Waals surface area contributed by atoms with E-state index in [9.17, 15) is 14.4 Å². The highest BCUT2D eigenvalue weighted by molar-refractivity contribution is 6.30. The SMILES string of the molecule is CC(C)[C@H](C(=O)N(C)CC(=O)Nc1cccc(Cl)c1)N1CCCC1=O. The fourth-order valence-corrected chi connectivity index (χ4v) is 3.22. The lowest BCUT2D eigenvalue weighted by Crippen LogP contribution is -2.52. The van der Waals surface area contributed by atoms with Crippen molar-refractivity contribution in [2.24, 2.45) is 5.92 Å². The molecule has 1 atom stereocenters. The molecule has 1 aliphatic heterocycles. The van der Waals surface area contributed by atoms with Gasteiger partial charge >= 0.3 is 0 Å². The first-order valence-corrected chi connectivity index (χ1v) is 8.77. The van der Waals surface area contributed by atoms with Crippen LogP contribution in [0.15, 0.2) is 24.3 Å². The predicted molar refractivity (Wildman–Crippen MR) is 97.3 cm³/mol. The number of likely N-dealkylation sites (N-methyl/N-ethyl adjacent to an activating group) is 1. The van der Waals surface area contributed by atoms with Crippen LogP contribution in [0, 0.1) is 5.92 Å². The van der Waals surface area contributed by atoms with Crippen molar-refractivity contribution in [3.63, 3.8) is 0 Å². The van der Waals surface area contributed by atoms with E-state index in [1.165, 1.54) is 4.90 Å². The molecule has 1 aromatic rings. The summed E-state index contributed by atoms with van der Waals surface area (Å²) in [7, 11) is 1.58. The quantitative estimate of drug-likeness (QED) is 0.841. The second-order valence-electron chi connectivity index (χ2n) is 6.63. The van der Waals surface area contributed by atoms with Crippen molar-refractivity contribution < 1.29 is 14.4 Å². The maximum absolute atomic E-state index is 12.8. The second kappa shape index (κ2) is 8.34. The lowest BCUT2D eigenvalue weighted by atomic mass is 10.0. The van der Waals surface area contributed by atoms with Crippen LogP contribution in [0.4, 0.5) is 5.69 Å². The Morgan fingerprint density at radius 3 is 2.64 bits per heavy atom. The molecule has 25 heavy (non-hydrogen) atoms. The Balaban J connectivity index is 2.00. The lowest BCUT2D eigenvalue weighted by Gasteiger charge is -2.33. The topological polar surface area (TPSA) is 69.7 Å². The van der Waals surface area contributed by atoms with E-state index in [-0.39, 0.29) is 30.2 Å². The first kappa shape index (κ1) is 19.2. The van der Waals surface area contributed by atoms with Crippen molar-refractivity contribution in [2.45, 2.75) is 32.7 Å². The standard InChI is InChI=1S/C18H24ClN3O3/c1-12(2)17(22-9-5-8-16(22)24)18(25)21(3)11-15(23)20-14-7-4-6-13(19)10-14/h4,6-7,10,12,17H,5,8-9,11H2,1-3H3,(H,20,23)/t17-/m1/s1. The molecule has 0 spiro atoms. The molecule has 1 saturated heterocycles. The van der Waals surface area contributed by atoms with Gasteiger partial charge in [-0.3, -0.25) is 14.4 Å². The Kier molecular flexibility index (Phi) is 6.42. The smallest absolute Gasteiger partial charge is 0.245 e. The minimum absolute atomic E-state index is 0.00355. The van der Waals surface area contributed by atoms with E-state index in [4.69, 9.17) is 11.6 Å². The fraction of sp³-hybridized carbons (Fsp3) is 0.500. The maximum atomic E-state index is 12.8. The highest BCUT2D eigenvalue weighted by Crippen LogP contribution is 2.21. The molecule has 1 N–H and O–H groups in total. The van der Waals surface area contributed by atoms with Gasteiger partial charge < -0.3 is 15.1 Å². The molecule has 136 valence electrons. The molecule has 0 aromatic heterocycles. The van der Waals surface area contributed by atoms with E-state index in [0.29, 0.717) is 23.7 Å². The molecule has 6 nitrogen and oxygen atoms in total. The number of hydrogen-bond donors (Lipinski definition) is 1. The van der Waals surface area contributed by atoms with Crippen LogP contribution in [0.3, 0.4) is 0 Å². The van der Waals surface area contributed by atoms with Gasteiger partial charge in [0.05, 0.1) is 6.54 Å². The van der Waals surface area contributed by atoms with Gasteiger partial charge in [0.15, 0.2) is 0 Å². The summed E-state index contributed by atoms with van der Waals surface area (Å²) in [6.07, 6.45) is 1.25. The van der Waals surface area contributed by atoms with Crippen LogP contribution in [0.25, 0.3) is 0 Å². The van der Waals surface area contributed by atoms with Crippen LogP contribution < -0.4 is 5.32 Å². The van der Waals surface area contributed by atoms with Gasteiger partial charge in [-0.05, 0) is 30.5 Å². The van der Waals surface area contributed by atoms with Gasteiger partial charge in [-0.2, -0.15) is 0 Å². The van der Waals surface area contributed by atoms with Gasteiger partial charge in [0.25, 0.3) is 0 Å². The molecule has 0 saturated carbocycles. The average Bonchev–Trinajstić information content (AvgIpc) is 2.92. The number of carbonyl (C=O) groups excluding carboxylic acids is 3. The summed E-state index contributed by atoms with van der Waals surface area (Å²) >= 11 is 5.89. The summed E-state index contributed by atoms with van der Waals surface area (Å²) in [5, 5.41) is 3.24. The van der Waals surface area contributed by atoms with Crippen molar-refractivity contribution in [3.8, 4) is 0 Å². The third kappa shape index (κ3) is 4.95. The molecule has 1 fully saturated rings. The number of carbonyl (C=O) groups is 3. The summed E-state index contributed by atoms with van der Waals surface area (Å²) in [6, 6.07) is 6.29. The van der Waals surface area contributed by atoms with E-state index < -0.39 is 6.04 Å². The van der Waals surface area contributed by atoms with E-state index in [1.807, 2.05) is 13.8 Å². The van der Waals surface area contributed by atoms with Gasteiger partial charge in [0.2, 0.25) is 17.7 Å². The maximum Gasteiger partial charge on any atom is 0.245 e. The molecule has 0 bridgehead atoms. The summed E-state index contributed by atoms with van der Waals surface area (Å²) < 4.78 is 0. The summed E-state index contributed by atoms with van der Waals surface area (Å²) in [4.78, 5) is 40.0. The van der Waals surface area contributed by atoms with E-state index in [1.54, 1.807) is 36.2 Å². The van der Waals surface area contributed by atoms with Gasteiger partial charge in [0, 0.05) is 30.7 Å². The summed E-state index contributed by atoms with van der Waals surface area (Å²) in [5.41, 5.74) is 0.577. The molecule has 0 aliphatic carbocycles. The largest absolute Gasteiger partial charge is 0.335 e. The summed E-state index contributed by atoms with van der Waals surface area (Å²) in [5.74, 6) is -0.545. The van der Waals surface area contributed by atoms with Crippen molar-refractivity contribution in [1.29, 1.82) is 0 Å². The molecule has 0 radical (unpaired) electrons. The van der Waals surface area contributed by atoms with Crippen LogP contribution in [0.5, 0.6) is 0 Å². The van der Waals surface area contributed by atoms with E-state index in [0.717, 1.165) is 6.42 Å². The van der Waals surface area contributed by atoms with Crippen molar-refractivity contribution in [2.75, 3.05) is 25.5 Å². The highest BCUT2D eigenvalue weighted by atomic mass is 35.5. The zero-order valence-corrected chi connectivity index (χ0v) is 15.5. The molecular formula is C18H24ClN3O3. The lowest BCUT2D eigenvalue weighted by molar-refractivity contribution is -0.145. The van der Waals surface area contributed by atoms with E-state index >= 15 is 0 Å². The number of nitrogens with one attached hydrogen (secondary N) is 1. The molecule has 1 aliphatic rings. The van der Waals surface area contributed by atoms with Crippen LogP contribution in [-0.2, 0) is 14.4 Å². The zero-order chi connectivity index (χ0) is 18.6. The van der Waals surface area contributed by atoms with Crippen molar-refractivity contribution in [3.05, 3.63) is 29.3 Å². The first-order valence-electron chi connectivity index (χ1n) is 8.39. The third-order valence-electron chi connectivity index (χ3n) is 4.20. The second-order valence-corrected chi connectivity index (χ2v) is 7.07. The molecule has 0 unspecified atom stereocenters. The average molecular weight is 366 g/mol. The van der Waals surface area contributed by atoms with E-state index in [2.05, 4.69) is 5.32 Å².